The zero-order valence-corrected chi connectivity index (χ0v) is 11.3. The van der Waals surface area contributed by atoms with Crippen LogP contribution in [0.1, 0.15) is 52.4 Å². The molecule has 2 fully saturated rings. The number of amides is 1. The molecule has 1 saturated carbocycles. The molecule has 4 heteroatoms. The molecular formula is C14H23NO3. The summed E-state index contributed by atoms with van der Waals surface area (Å²) < 4.78 is 0. The quantitative estimate of drug-likeness (QED) is 0.821. The maximum atomic E-state index is 12.6. The summed E-state index contributed by atoms with van der Waals surface area (Å²) in [4.78, 5) is 25.7. The van der Waals surface area contributed by atoms with Gasteiger partial charge in [0, 0.05) is 12.1 Å². The van der Waals surface area contributed by atoms with Crippen molar-refractivity contribution in [1.82, 2.24) is 4.90 Å². The molecule has 0 aromatic rings. The van der Waals surface area contributed by atoms with Crippen LogP contribution in [0.2, 0.25) is 0 Å². The smallest absolute Gasteiger partial charge is 0.307 e. The monoisotopic (exact) mass is 253 g/mol. The number of aliphatic carboxylic acids is 1. The minimum atomic E-state index is -0.803. The fourth-order valence-corrected chi connectivity index (χ4v) is 3.60. The van der Waals surface area contributed by atoms with Gasteiger partial charge in [0.15, 0.2) is 0 Å². The molecule has 1 amide bonds. The Morgan fingerprint density at radius 2 is 1.44 bits per heavy atom. The standard InChI is InChI=1S/C14H23NO3/c1-9-5-3-6-10(2)15(9)13(16)11-7-4-8-12(11)14(17)18/h9-12H,3-8H2,1-2H3,(H,17,18). The van der Waals surface area contributed by atoms with Gasteiger partial charge in [-0.2, -0.15) is 0 Å². The van der Waals surface area contributed by atoms with E-state index in [1.165, 1.54) is 6.42 Å². The number of hydrogen-bond acceptors (Lipinski definition) is 2. The molecule has 1 N–H and O–H groups in total. The predicted molar refractivity (Wildman–Crippen MR) is 68.1 cm³/mol. The van der Waals surface area contributed by atoms with Crippen LogP contribution in [-0.2, 0) is 9.59 Å². The van der Waals surface area contributed by atoms with E-state index in [1.54, 1.807) is 0 Å². The predicted octanol–water partition coefficient (Wildman–Crippen LogP) is 2.28. The van der Waals surface area contributed by atoms with E-state index in [9.17, 15) is 14.7 Å². The van der Waals surface area contributed by atoms with Crippen LogP contribution in [0, 0.1) is 11.8 Å². The molecule has 0 bridgehead atoms. The SMILES string of the molecule is CC1CCCC(C)N1C(=O)C1CCCC1C(=O)O. The van der Waals surface area contributed by atoms with Crippen LogP contribution in [0.4, 0.5) is 0 Å². The van der Waals surface area contributed by atoms with E-state index in [1.807, 2.05) is 4.90 Å². The third-order valence-corrected chi connectivity index (χ3v) is 4.60. The van der Waals surface area contributed by atoms with E-state index in [0.29, 0.717) is 6.42 Å². The minimum Gasteiger partial charge on any atom is -0.481 e. The average Bonchev–Trinajstić information content (AvgIpc) is 2.77. The Labute approximate surface area is 108 Å². The second-order valence-corrected chi connectivity index (χ2v) is 5.86. The molecule has 4 unspecified atom stereocenters. The molecule has 2 aliphatic rings. The summed E-state index contributed by atoms with van der Waals surface area (Å²) in [6.07, 6.45) is 5.51. The zero-order chi connectivity index (χ0) is 13.3. The van der Waals surface area contributed by atoms with Gasteiger partial charge in [-0.05, 0) is 46.0 Å². The number of hydrogen-bond donors (Lipinski definition) is 1. The van der Waals surface area contributed by atoms with Crippen molar-refractivity contribution in [2.45, 2.75) is 64.5 Å². The molecule has 4 atom stereocenters. The molecule has 18 heavy (non-hydrogen) atoms. The molecule has 0 spiro atoms. The van der Waals surface area contributed by atoms with Crippen molar-refractivity contribution >= 4 is 11.9 Å². The van der Waals surface area contributed by atoms with Gasteiger partial charge >= 0.3 is 5.97 Å². The Hall–Kier alpha value is -1.06. The lowest BCUT2D eigenvalue weighted by atomic mass is 9.90. The number of nitrogens with zero attached hydrogens (tertiary/aromatic N) is 1. The Bertz CT molecular complexity index is 332. The molecule has 0 aromatic carbocycles. The summed E-state index contributed by atoms with van der Waals surface area (Å²) in [6.45, 7) is 4.16. The summed E-state index contributed by atoms with van der Waals surface area (Å²) in [7, 11) is 0. The first kappa shape index (κ1) is 13.4. The van der Waals surface area contributed by atoms with E-state index in [-0.39, 0.29) is 23.9 Å². The molecule has 0 aromatic heterocycles. The van der Waals surface area contributed by atoms with Gasteiger partial charge in [0.05, 0.1) is 11.8 Å². The van der Waals surface area contributed by atoms with E-state index in [2.05, 4.69) is 13.8 Å². The summed E-state index contributed by atoms with van der Waals surface area (Å²) in [5.41, 5.74) is 0. The third-order valence-electron chi connectivity index (χ3n) is 4.60. The molecule has 1 heterocycles. The zero-order valence-electron chi connectivity index (χ0n) is 11.3. The van der Waals surface area contributed by atoms with Crippen LogP contribution in [0.15, 0.2) is 0 Å². The van der Waals surface area contributed by atoms with Crippen molar-refractivity contribution < 1.29 is 14.7 Å². The normalized spacial score (nSPS) is 36.7. The van der Waals surface area contributed by atoms with Gasteiger partial charge in [0.1, 0.15) is 0 Å². The number of carboxylic acid groups (broad SMARTS) is 1. The van der Waals surface area contributed by atoms with E-state index >= 15 is 0 Å². The van der Waals surface area contributed by atoms with Gasteiger partial charge in [-0.15, -0.1) is 0 Å². The second-order valence-electron chi connectivity index (χ2n) is 5.86. The average molecular weight is 253 g/mol. The Morgan fingerprint density at radius 1 is 0.944 bits per heavy atom. The molecule has 1 aliphatic carbocycles. The Balaban J connectivity index is 2.12. The largest absolute Gasteiger partial charge is 0.481 e. The van der Waals surface area contributed by atoms with Crippen LogP contribution in [0.25, 0.3) is 0 Å². The molecule has 102 valence electrons. The maximum Gasteiger partial charge on any atom is 0.307 e. The first-order valence-electron chi connectivity index (χ1n) is 7.07. The number of likely N-dealkylation sites (tertiary alicyclic amines) is 1. The molecule has 1 saturated heterocycles. The van der Waals surface area contributed by atoms with Gasteiger partial charge in [-0.1, -0.05) is 6.42 Å². The number of carbonyl (C=O) groups is 2. The summed E-state index contributed by atoms with van der Waals surface area (Å²) in [6, 6.07) is 0.521. The first-order chi connectivity index (χ1) is 8.52. The van der Waals surface area contributed by atoms with Crippen molar-refractivity contribution in [1.29, 1.82) is 0 Å². The fraction of sp³-hybridized carbons (Fsp3) is 0.857. The Kier molecular flexibility index (Phi) is 3.93. The number of carboxylic acids is 1. The van der Waals surface area contributed by atoms with Gasteiger partial charge in [-0.3, -0.25) is 9.59 Å². The number of carbonyl (C=O) groups excluding carboxylic acids is 1. The summed E-state index contributed by atoms with van der Waals surface area (Å²) in [5.74, 6) is -1.47. The van der Waals surface area contributed by atoms with Gasteiger partial charge in [0.2, 0.25) is 5.91 Å². The topological polar surface area (TPSA) is 57.6 Å². The molecular weight excluding hydrogens is 230 g/mol. The van der Waals surface area contributed by atoms with Crippen LogP contribution in [0.5, 0.6) is 0 Å². The Morgan fingerprint density at radius 3 is 2.00 bits per heavy atom. The van der Waals surface area contributed by atoms with E-state index in [4.69, 9.17) is 0 Å². The second kappa shape index (κ2) is 5.29. The van der Waals surface area contributed by atoms with Gasteiger partial charge < -0.3 is 10.0 Å². The summed E-state index contributed by atoms with van der Waals surface area (Å²) >= 11 is 0. The highest BCUT2D eigenvalue weighted by molar-refractivity contribution is 5.85. The van der Waals surface area contributed by atoms with Crippen molar-refractivity contribution in [3.8, 4) is 0 Å². The van der Waals surface area contributed by atoms with Crippen LogP contribution in [0.3, 0.4) is 0 Å². The van der Waals surface area contributed by atoms with E-state index in [0.717, 1.165) is 25.7 Å². The highest BCUT2D eigenvalue weighted by atomic mass is 16.4. The maximum absolute atomic E-state index is 12.6. The van der Waals surface area contributed by atoms with Crippen molar-refractivity contribution in [3.05, 3.63) is 0 Å². The lowest BCUT2D eigenvalue weighted by molar-refractivity contribution is -0.152. The van der Waals surface area contributed by atoms with Crippen molar-refractivity contribution in [3.63, 3.8) is 0 Å². The van der Waals surface area contributed by atoms with Crippen LogP contribution >= 0.6 is 0 Å². The first-order valence-corrected chi connectivity index (χ1v) is 7.07. The summed E-state index contributed by atoms with van der Waals surface area (Å²) in [5, 5.41) is 9.19. The molecule has 2 rings (SSSR count). The van der Waals surface area contributed by atoms with Crippen LogP contribution < -0.4 is 0 Å². The van der Waals surface area contributed by atoms with Crippen molar-refractivity contribution in [2.24, 2.45) is 11.8 Å². The number of rotatable bonds is 2. The highest BCUT2D eigenvalue weighted by Gasteiger charge is 2.42. The lowest BCUT2D eigenvalue weighted by Gasteiger charge is -2.41. The molecule has 1 aliphatic heterocycles. The van der Waals surface area contributed by atoms with Crippen LogP contribution in [-0.4, -0.2) is 34.0 Å². The minimum absolute atomic E-state index is 0.0830. The lowest BCUT2D eigenvalue weighted by Crippen LogP contribution is -2.50. The molecule has 0 radical (unpaired) electrons. The van der Waals surface area contributed by atoms with E-state index < -0.39 is 11.9 Å². The van der Waals surface area contributed by atoms with Gasteiger partial charge in [-0.25, -0.2) is 0 Å². The fourth-order valence-electron chi connectivity index (χ4n) is 3.60. The van der Waals surface area contributed by atoms with Crippen molar-refractivity contribution in [2.75, 3.05) is 0 Å². The highest BCUT2D eigenvalue weighted by Crippen LogP contribution is 2.35. The number of piperidine rings is 1. The molecule has 4 nitrogen and oxygen atoms in total. The van der Waals surface area contributed by atoms with Gasteiger partial charge in [0.25, 0.3) is 0 Å². The third kappa shape index (κ3) is 2.38.